The largest absolute Gasteiger partial charge is 1.00 e. The third kappa shape index (κ3) is 14.5. The number of hydrogen-bond acceptors (Lipinski definition) is 15. The maximum absolute atomic E-state index is 11.8. The van der Waals surface area contributed by atoms with Crippen LogP contribution in [0, 0.1) is 69.5 Å². The van der Waals surface area contributed by atoms with Gasteiger partial charge in [0.1, 0.15) is 16.8 Å². The Morgan fingerprint density at radius 1 is 0.487 bits per heavy atom. The van der Waals surface area contributed by atoms with Crippen molar-refractivity contribution in [1.82, 2.24) is 0 Å². The van der Waals surface area contributed by atoms with Crippen LogP contribution in [-0.2, 0) is 37.1 Å². The summed E-state index contributed by atoms with van der Waals surface area (Å²) in [7, 11) is -5.01. The van der Waals surface area contributed by atoms with Crippen molar-refractivity contribution in [2.24, 2.45) is 69.5 Å². The Labute approximate surface area is 560 Å². The molecule has 0 amide bonds. The minimum absolute atomic E-state index is 0. The molecular weight excluding hydrogens is 1230 g/mol. The second kappa shape index (κ2) is 27.0. The number of hydrogen-bond donors (Lipinski definition) is 4. The summed E-state index contributed by atoms with van der Waals surface area (Å²) in [6.45, 7) is 6.45. The van der Waals surface area contributed by atoms with Crippen LogP contribution < -0.4 is 98.5 Å². The number of allylic oxidation sites excluding steroid dienone is 6. The van der Waals surface area contributed by atoms with E-state index in [1.165, 1.54) is 18.2 Å². The molecule has 0 spiro atoms. The fraction of sp³-hybridized carbons (Fsp3) is 0.722. The summed E-state index contributed by atoms with van der Waals surface area (Å²) in [5, 5.41) is 41.0. The van der Waals surface area contributed by atoms with E-state index in [-0.39, 0.29) is 170 Å². The van der Waals surface area contributed by atoms with E-state index in [2.05, 4.69) is 47.6 Å². The number of phosphoric acid groups is 1. The van der Waals surface area contributed by atoms with Gasteiger partial charge in [0.05, 0.1) is 26.1 Å². The molecule has 0 aromatic carbocycles. The topological polar surface area (TPSA) is 278 Å². The fourth-order valence-electron chi connectivity index (χ4n) is 18.1. The quantitative estimate of drug-likeness (QED) is 0.232. The Balaban J connectivity index is 0.000000207. The summed E-state index contributed by atoms with van der Waals surface area (Å²) >= 11 is 25.2. The zero-order chi connectivity index (χ0) is 55.4. The van der Waals surface area contributed by atoms with Crippen LogP contribution in [0.15, 0.2) is 71.4 Å². The Morgan fingerprint density at radius 2 is 0.787 bits per heavy atom. The standard InChI is InChI=1S/C18H23Cl2O4P.C18H25O6P.C18H24O3.Cl3OP.3Na.H2O/c1-17-8-7-15-13(14(17)4-5-16(17)24-25(19,20)23)3-2-11-10-12(21)6-9-18(11,15)22;1-17-8-7-15-13(14(17)4-5-16(17)24-25(21,22)23)3-2-11-10-12(19)6-9-18(11,15)20;1-17-8-7-15-13(14(17)4-5-16(17)20)3-2-11-10-12(19)6-9-18(11,15)21;1-5(2,3)4;;;;/h6,9-10,13-16,22H,2-5,7-8H2,1H3;6,9-10,13-16,20H,2-5,7-8H2,1H3,(H2,21,22,23);6,9-10,13-16,20-21H,2-5,7-8H2,1H3;;;;;1H2/q;;;;3*+1;/p-3/t3*13?,14?,15?,16?,17-,18+;;;;;/m000...../s1. The Hall–Kier alpha value is 2.23. The van der Waals surface area contributed by atoms with Gasteiger partial charge in [-0.15, -0.1) is 0 Å². The Kier molecular flexibility index (Phi) is 24.6. The second-order valence-corrected chi connectivity index (χ2v) is 36.7. The number of carbonyl (C=O) groups is 3. The summed E-state index contributed by atoms with van der Waals surface area (Å²) in [6.07, 6.45) is 25.2. The Morgan fingerprint density at radius 3 is 1.11 bits per heavy atom. The molecule has 9 fully saturated rings. The molecule has 430 valence electrons. The molecule has 26 heteroatoms. The predicted octanol–water partition coefficient (Wildman–Crippen LogP) is 2.25. The van der Waals surface area contributed by atoms with Crippen LogP contribution >= 0.6 is 75.3 Å². The average molecular weight is 1300 g/mol. The van der Waals surface area contributed by atoms with E-state index < -0.39 is 42.0 Å². The van der Waals surface area contributed by atoms with Crippen LogP contribution in [0.2, 0.25) is 0 Å². The number of halogens is 5. The minimum atomic E-state index is -5.01. The van der Waals surface area contributed by atoms with Gasteiger partial charge in [-0.25, -0.2) is 0 Å². The fourth-order valence-corrected chi connectivity index (χ4v) is 19.9. The van der Waals surface area contributed by atoms with Crippen molar-refractivity contribution in [3.05, 3.63) is 71.4 Å². The van der Waals surface area contributed by atoms with Crippen LogP contribution in [-0.4, -0.2) is 78.4 Å². The molecule has 12 rings (SSSR count). The van der Waals surface area contributed by atoms with E-state index in [1.807, 2.05) is 6.92 Å². The molecule has 9 saturated carbocycles. The van der Waals surface area contributed by atoms with Crippen molar-refractivity contribution in [3.8, 4) is 0 Å². The predicted molar refractivity (Wildman–Crippen MR) is 290 cm³/mol. The SMILES string of the molecule is C[C@]12CCC3C(CCC4=CC(=O)C=C[C@@]43O)C1CCC2O.C[C@]12CCC3C(CCC4=CC(=O)C=C[C@@]43O)C1CCC2OP(=O)(Cl)Cl.C[C@]12CCC3C(CCC4=CC(=O)C=C[C@@]43O)C1CCC2OP(=O)([O-])[O-].O=P(Cl)(Cl)Cl.[Na+].[Na+].[Na+].[OH-]. The van der Waals surface area contributed by atoms with E-state index >= 15 is 0 Å². The van der Waals surface area contributed by atoms with Gasteiger partial charge < -0.3 is 49.3 Å². The molecule has 0 aliphatic heterocycles. The van der Waals surface area contributed by atoms with Crippen molar-refractivity contribution >= 4 is 92.7 Å². The number of ketones is 3. The number of phosphoric ester groups is 1. The first kappa shape index (κ1) is 73.0. The molecule has 5 N–H and O–H groups in total. The number of aliphatic hydroxyl groups excluding tert-OH is 1. The zero-order valence-electron chi connectivity index (χ0n) is 46.4. The molecule has 80 heavy (non-hydrogen) atoms. The molecule has 0 heterocycles. The number of carbonyl (C=O) groups excluding carboxylic acids is 3. The monoisotopic (exact) mass is 1300 g/mol. The van der Waals surface area contributed by atoms with Crippen LogP contribution in [0.5, 0.6) is 0 Å². The van der Waals surface area contributed by atoms with Crippen molar-refractivity contribution in [1.29, 1.82) is 0 Å². The summed E-state index contributed by atoms with van der Waals surface area (Å²) in [5.74, 6) is 2.45. The van der Waals surface area contributed by atoms with Gasteiger partial charge in [-0.2, -0.15) is 0 Å². The van der Waals surface area contributed by atoms with E-state index in [1.54, 1.807) is 36.5 Å². The summed E-state index contributed by atoms with van der Waals surface area (Å²) < 4.78 is 42.8. The minimum Gasteiger partial charge on any atom is -0.870 e. The maximum atomic E-state index is 11.8. The zero-order valence-corrected chi connectivity index (χ0v) is 58.9. The molecule has 12 unspecified atom stereocenters. The first-order valence-corrected chi connectivity index (χ1v) is 36.3. The first-order chi connectivity index (χ1) is 35.2. The second-order valence-electron chi connectivity index (χ2n) is 24.8. The summed E-state index contributed by atoms with van der Waals surface area (Å²) in [4.78, 5) is 57.2. The number of fused-ring (bicyclic) bond motifs is 15. The average Bonchev–Trinajstić information content (AvgIpc) is 3.94. The van der Waals surface area contributed by atoms with Gasteiger partial charge in [-0.1, -0.05) is 20.8 Å². The third-order valence-corrected chi connectivity index (χ3v) is 23.0. The van der Waals surface area contributed by atoms with Gasteiger partial charge in [-0.05, 0) is 313 Å². The number of rotatable bonds is 4. The van der Waals surface area contributed by atoms with Gasteiger partial charge in [0.2, 0.25) is 0 Å². The first-order valence-electron chi connectivity index (χ1n) is 27.0. The molecule has 12 aliphatic rings. The van der Waals surface area contributed by atoms with Crippen LogP contribution in [0.1, 0.15) is 136 Å². The van der Waals surface area contributed by atoms with Gasteiger partial charge in [0.15, 0.2) is 17.3 Å². The molecule has 0 saturated heterocycles. The van der Waals surface area contributed by atoms with E-state index in [0.29, 0.717) is 42.9 Å². The third-order valence-electron chi connectivity index (χ3n) is 21.5. The number of aliphatic hydroxyl groups is 4. The summed E-state index contributed by atoms with van der Waals surface area (Å²) in [5.41, 5.74) is -0.823. The van der Waals surface area contributed by atoms with E-state index in [9.17, 15) is 58.3 Å². The molecule has 0 aromatic heterocycles. The molecule has 12 aliphatic carbocycles. The smallest absolute Gasteiger partial charge is 0.870 e. The van der Waals surface area contributed by atoms with Gasteiger partial charge in [-0.3, -0.25) is 23.5 Å². The van der Waals surface area contributed by atoms with E-state index in [4.69, 9.17) is 31.5 Å². The van der Waals surface area contributed by atoms with Crippen molar-refractivity contribution in [2.75, 3.05) is 0 Å². The van der Waals surface area contributed by atoms with Gasteiger partial charge in [0.25, 0.3) is 0 Å². The van der Waals surface area contributed by atoms with Crippen molar-refractivity contribution < 1.29 is 161 Å². The van der Waals surface area contributed by atoms with Gasteiger partial charge >= 0.3 is 99.9 Å². The molecule has 15 nitrogen and oxygen atoms in total. The molecule has 0 radical (unpaired) electrons. The van der Waals surface area contributed by atoms with Crippen molar-refractivity contribution in [2.45, 2.75) is 171 Å². The molecule has 0 bridgehead atoms. The van der Waals surface area contributed by atoms with Crippen molar-refractivity contribution in [3.63, 3.8) is 0 Å². The molecule has 18 atom stereocenters. The maximum Gasteiger partial charge on any atom is 1.00 e. The van der Waals surface area contributed by atoms with Crippen LogP contribution in [0.25, 0.3) is 0 Å². The summed E-state index contributed by atoms with van der Waals surface area (Å²) in [6, 6.07) is 0. The normalized spacial score (nSPS) is 43.3. The molecule has 0 aromatic rings. The van der Waals surface area contributed by atoms with Crippen LogP contribution in [0.4, 0.5) is 0 Å². The Bertz CT molecular complexity index is 2590. The van der Waals surface area contributed by atoms with E-state index in [0.717, 1.165) is 113 Å². The van der Waals surface area contributed by atoms with Gasteiger partial charge in [0, 0.05) is 0 Å². The van der Waals surface area contributed by atoms with Crippen LogP contribution in [0.3, 0.4) is 0 Å². The molecular formula is C54H71Cl5Na3O15P3.